The van der Waals surface area contributed by atoms with Crippen LogP contribution in [0.1, 0.15) is 61.0 Å². The van der Waals surface area contributed by atoms with E-state index in [4.69, 9.17) is 9.72 Å². The minimum atomic E-state index is -0.0464. The molecule has 3 N–H and O–H groups in total. The zero-order valence-electron chi connectivity index (χ0n) is 21.8. The number of aromatic amines is 1. The summed E-state index contributed by atoms with van der Waals surface area (Å²) in [6, 6.07) is 4.79. The van der Waals surface area contributed by atoms with Crippen molar-refractivity contribution in [3.63, 3.8) is 0 Å². The molecule has 7 rings (SSSR count). The van der Waals surface area contributed by atoms with Crippen LogP contribution in [-0.2, 0) is 10.2 Å². The van der Waals surface area contributed by atoms with Crippen molar-refractivity contribution < 1.29 is 9.53 Å². The van der Waals surface area contributed by atoms with Crippen molar-refractivity contribution in [1.82, 2.24) is 30.2 Å². The van der Waals surface area contributed by atoms with Crippen LogP contribution in [0.4, 0.5) is 17.5 Å². The van der Waals surface area contributed by atoms with Crippen LogP contribution in [0.5, 0.6) is 0 Å². The van der Waals surface area contributed by atoms with E-state index >= 15 is 0 Å². The van der Waals surface area contributed by atoms with E-state index in [1.165, 1.54) is 32.1 Å². The van der Waals surface area contributed by atoms with Gasteiger partial charge in [-0.3, -0.25) is 9.69 Å². The van der Waals surface area contributed by atoms with Crippen molar-refractivity contribution >= 4 is 34.4 Å². The number of piperidine rings is 1. The lowest BCUT2D eigenvalue weighted by Crippen LogP contribution is -2.49. The summed E-state index contributed by atoms with van der Waals surface area (Å²) in [7, 11) is 0. The molecule has 0 unspecified atom stereocenters. The number of carbonyl (C=O) groups excluding carboxylic acids is 1. The van der Waals surface area contributed by atoms with Gasteiger partial charge in [-0.15, -0.1) is 0 Å². The fraction of sp³-hybridized carbons (Fsp3) is 0.571. The highest BCUT2D eigenvalue weighted by molar-refractivity contribution is 6.02. The summed E-state index contributed by atoms with van der Waals surface area (Å²) >= 11 is 0. The summed E-state index contributed by atoms with van der Waals surface area (Å²) in [5.41, 5.74) is 4.50. The molecule has 1 saturated carbocycles. The van der Waals surface area contributed by atoms with Gasteiger partial charge in [-0.2, -0.15) is 0 Å². The molecule has 0 bridgehead atoms. The standard InChI is InChI=1S/C28H36N8O2/c37-26-25-23(28(18-31-26)8-2-1-3-9-28)24-21(32-25)17-30-27(34-24)33-22-5-4-20(16-29-22)35-10-6-19(7-11-35)36-12-14-38-15-13-36/h4-5,16-17,19,32H,1-3,6-15,18H2,(H,31,37)(H,29,30,33,34). The minimum absolute atomic E-state index is 0.0412. The second kappa shape index (κ2) is 9.81. The molecule has 38 heavy (non-hydrogen) atoms. The first-order chi connectivity index (χ1) is 18.7. The zero-order chi connectivity index (χ0) is 25.5. The number of aromatic nitrogens is 4. The van der Waals surface area contributed by atoms with E-state index in [2.05, 4.69) is 41.5 Å². The number of rotatable bonds is 4. The van der Waals surface area contributed by atoms with E-state index in [0.29, 0.717) is 30.0 Å². The van der Waals surface area contributed by atoms with Crippen LogP contribution < -0.4 is 15.5 Å². The Hall–Kier alpha value is -3.24. The fourth-order valence-corrected chi connectivity index (χ4v) is 7.00. The first-order valence-electron chi connectivity index (χ1n) is 14.2. The van der Waals surface area contributed by atoms with Crippen LogP contribution in [0.15, 0.2) is 24.5 Å². The maximum absolute atomic E-state index is 12.7. The topological polar surface area (TPSA) is 111 Å². The molecular formula is C28H36N8O2. The maximum Gasteiger partial charge on any atom is 0.268 e. The van der Waals surface area contributed by atoms with Gasteiger partial charge in [0.25, 0.3) is 5.91 Å². The van der Waals surface area contributed by atoms with Gasteiger partial charge in [0, 0.05) is 49.7 Å². The van der Waals surface area contributed by atoms with Gasteiger partial charge in [-0.1, -0.05) is 19.3 Å². The lowest BCUT2D eigenvalue weighted by atomic mass is 9.67. The second-order valence-electron chi connectivity index (χ2n) is 11.2. The van der Waals surface area contributed by atoms with Crippen LogP contribution in [-0.4, -0.2) is 82.7 Å². The molecule has 10 heteroatoms. The predicted octanol–water partition coefficient (Wildman–Crippen LogP) is 3.34. The Morgan fingerprint density at radius 2 is 1.82 bits per heavy atom. The van der Waals surface area contributed by atoms with Gasteiger partial charge >= 0.3 is 0 Å². The van der Waals surface area contributed by atoms with Crippen molar-refractivity contribution in [2.45, 2.75) is 56.4 Å². The van der Waals surface area contributed by atoms with Gasteiger partial charge in [-0.05, 0) is 37.8 Å². The van der Waals surface area contributed by atoms with Crippen LogP contribution in [0.3, 0.4) is 0 Å². The summed E-state index contributed by atoms with van der Waals surface area (Å²) < 4.78 is 5.51. The van der Waals surface area contributed by atoms with Gasteiger partial charge in [0.05, 0.1) is 42.3 Å². The van der Waals surface area contributed by atoms with E-state index < -0.39 is 0 Å². The quantitative estimate of drug-likeness (QED) is 0.484. The second-order valence-corrected chi connectivity index (χ2v) is 11.2. The molecule has 1 amide bonds. The van der Waals surface area contributed by atoms with E-state index in [1.807, 2.05) is 12.3 Å². The third-order valence-corrected chi connectivity index (χ3v) is 9.07. The number of carbonyl (C=O) groups is 1. The highest BCUT2D eigenvalue weighted by atomic mass is 16.5. The number of nitrogens with zero attached hydrogens (tertiary/aromatic N) is 5. The lowest BCUT2D eigenvalue weighted by molar-refractivity contribution is 0.0115. The Labute approximate surface area is 222 Å². The Kier molecular flexibility index (Phi) is 6.16. The van der Waals surface area contributed by atoms with Crippen LogP contribution in [0.25, 0.3) is 11.0 Å². The van der Waals surface area contributed by atoms with E-state index in [0.717, 1.165) is 74.5 Å². The number of H-pyrrole nitrogens is 1. The maximum atomic E-state index is 12.7. The third kappa shape index (κ3) is 4.29. The molecule has 1 aliphatic carbocycles. The summed E-state index contributed by atoms with van der Waals surface area (Å²) in [4.78, 5) is 35.1. The van der Waals surface area contributed by atoms with Gasteiger partial charge < -0.3 is 25.3 Å². The van der Waals surface area contributed by atoms with E-state index in [9.17, 15) is 4.79 Å². The summed E-state index contributed by atoms with van der Waals surface area (Å²) in [5, 5.41) is 6.40. The molecule has 3 aliphatic heterocycles. The molecule has 4 aliphatic rings. The number of hydrogen-bond acceptors (Lipinski definition) is 8. The number of anilines is 3. The number of pyridine rings is 1. The first-order valence-corrected chi connectivity index (χ1v) is 14.2. The third-order valence-electron chi connectivity index (χ3n) is 9.07. The largest absolute Gasteiger partial charge is 0.379 e. The fourth-order valence-electron chi connectivity index (χ4n) is 7.00. The number of morpholine rings is 1. The number of amides is 1. The molecule has 0 aromatic carbocycles. The highest BCUT2D eigenvalue weighted by Crippen LogP contribution is 2.45. The van der Waals surface area contributed by atoms with Crippen LogP contribution in [0, 0.1) is 0 Å². The predicted molar refractivity (Wildman–Crippen MR) is 146 cm³/mol. The smallest absolute Gasteiger partial charge is 0.268 e. The monoisotopic (exact) mass is 516 g/mol. The van der Waals surface area contributed by atoms with E-state index in [-0.39, 0.29) is 11.3 Å². The van der Waals surface area contributed by atoms with Gasteiger partial charge in [-0.25, -0.2) is 15.0 Å². The molecule has 0 radical (unpaired) electrons. The minimum Gasteiger partial charge on any atom is -0.379 e. The first kappa shape index (κ1) is 23.8. The van der Waals surface area contributed by atoms with Crippen LogP contribution in [0.2, 0.25) is 0 Å². The Balaban J connectivity index is 1.07. The molecule has 2 saturated heterocycles. The SMILES string of the molecule is O=C1NCC2(CCCCC2)c2c1[nH]c1cnc(Nc3ccc(N4CCC(N5CCOCC5)CC4)cn3)nc21. The van der Waals surface area contributed by atoms with Crippen molar-refractivity contribution in [3.05, 3.63) is 35.8 Å². The Bertz CT molecular complexity index is 1300. The van der Waals surface area contributed by atoms with E-state index in [1.54, 1.807) is 6.20 Å². The zero-order valence-corrected chi connectivity index (χ0v) is 21.8. The number of ether oxygens (including phenoxy) is 1. The molecule has 3 aromatic rings. The molecule has 3 fully saturated rings. The molecular weight excluding hydrogens is 480 g/mol. The highest BCUT2D eigenvalue weighted by Gasteiger charge is 2.43. The molecule has 10 nitrogen and oxygen atoms in total. The lowest BCUT2D eigenvalue weighted by Gasteiger charge is -2.40. The van der Waals surface area contributed by atoms with Crippen molar-refractivity contribution in [2.24, 2.45) is 0 Å². The molecule has 1 spiro atoms. The van der Waals surface area contributed by atoms with Gasteiger partial charge in [0.1, 0.15) is 11.5 Å². The molecule has 200 valence electrons. The molecule has 3 aromatic heterocycles. The average Bonchev–Trinajstić information content (AvgIpc) is 3.38. The summed E-state index contributed by atoms with van der Waals surface area (Å²) in [5.74, 6) is 1.17. The van der Waals surface area contributed by atoms with Crippen molar-refractivity contribution in [1.29, 1.82) is 0 Å². The number of nitrogens with one attached hydrogen (secondary N) is 3. The number of fused-ring (bicyclic) bond motifs is 4. The summed E-state index contributed by atoms with van der Waals surface area (Å²) in [6.07, 6.45) is 11.8. The van der Waals surface area contributed by atoms with Gasteiger partial charge in [0.2, 0.25) is 5.95 Å². The average molecular weight is 517 g/mol. The van der Waals surface area contributed by atoms with Crippen LogP contribution >= 0.6 is 0 Å². The molecule has 0 atom stereocenters. The normalized spacial score (nSPS) is 22.4. The van der Waals surface area contributed by atoms with Crippen molar-refractivity contribution in [3.8, 4) is 0 Å². The Morgan fingerprint density at radius 1 is 1.00 bits per heavy atom. The van der Waals surface area contributed by atoms with Gasteiger partial charge in [0.15, 0.2) is 0 Å². The number of hydrogen-bond donors (Lipinski definition) is 3. The molecule has 6 heterocycles. The van der Waals surface area contributed by atoms with Crippen molar-refractivity contribution in [2.75, 3.05) is 56.2 Å². The Morgan fingerprint density at radius 3 is 2.58 bits per heavy atom. The summed E-state index contributed by atoms with van der Waals surface area (Å²) in [6.45, 7) is 6.61.